The lowest BCUT2D eigenvalue weighted by Gasteiger charge is -2.28. The third-order valence-electron chi connectivity index (χ3n) is 2.98. The van der Waals surface area contributed by atoms with Crippen LogP contribution in [0.5, 0.6) is 0 Å². The Morgan fingerprint density at radius 2 is 2.33 bits per heavy atom. The average molecular weight is 297 g/mol. The summed E-state index contributed by atoms with van der Waals surface area (Å²) < 4.78 is 1.44. The number of halogens is 1. The van der Waals surface area contributed by atoms with E-state index in [1.54, 1.807) is 6.20 Å². The van der Waals surface area contributed by atoms with Gasteiger partial charge in [0.25, 0.3) is 0 Å². The molecule has 0 radical (unpaired) electrons. The van der Waals surface area contributed by atoms with Crippen LogP contribution in [0.3, 0.4) is 0 Å². The number of anilines is 1. The normalized spacial score (nSPS) is 22.6. The molecule has 0 amide bonds. The Morgan fingerprint density at radius 1 is 1.44 bits per heavy atom. The van der Waals surface area contributed by atoms with Gasteiger partial charge >= 0.3 is 0 Å². The third-order valence-corrected chi connectivity index (χ3v) is 5.53. The van der Waals surface area contributed by atoms with Gasteiger partial charge in [-0.05, 0) is 35.6 Å². The zero-order valence-corrected chi connectivity index (χ0v) is 12.3. The molecule has 0 bridgehead atoms. The first-order chi connectivity index (χ1) is 8.72. The van der Waals surface area contributed by atoms with E-state index in [2.05, 4.69) is 28.7 Å². The second kappa shape index (κ2) is 5.11. The summed E-state index contributed by atoms with van der Waals surface area (Å²) in [5.41, 5.74) is 2.45. The number of thioether (sulfide) groups is 1. The minimum Gasteiger partial charge on any atom is -0.378 e. The number of fused-ring (bicyclic) bond motifs is 1. The van der Waals surface area contributed by atoms with Crippen LogP contribution in [0.15, 0.2) is 34.0 Å². The summed E-state index contributed by atoms with van der Waals surface area (Å²) in [6.45, 7) is 2.28. The Labute approximate surface area is 120 Å². The van der Waals surface area contributed by atoms with Crippen molar-refractivity contribution in [1.82, 2.24) is 4.98 Å². The van der Waals surface area contributed by atoms with E-state index in [0.717, 1.165) is 12.1 Å². The monoisotopic (exact) mass is 296 g/mol. The van der Waals surface area contributed by atoms with Crippen molar-refractivity contribution < 1.29 is 0 Å². The average Bonchev–Trinajstić information content (AvgIpc) is 2.77. The van der Waals surface area contributed by atoms with Crippen molar-refractivity contribution in [2.24, 2.45) is 0 Å². The minimum absolute atomic E-state index is 0.376. The molecule has 1 N–H and O–H groups in total. The molecule has 18 heavy (non-hydrogen) atoms. The molecule has 0 fully saturated rings. The van der Waals surface area contributed by atoms with Gasteiger partial charge in [0, 0.05) is 17.1 Å². The summed E-state index contributed by atoms with van der Waals surface area (Å²) in [6.07, 6.45) is 2.87. The second-order valence-electron chi connectivity index (χ2n) is 4.39. The maximum absolute atomic E-state index is 5.92. The van der Waals surface area contributed by atoms with E-state index in [-0.39, 0.29) is 0 Å². The number of thiophene rings is 1. The number of hydrogen-bond acceptors (Lipinski definition) is 4. The molecule has 1 aliphatic heterocycles. The van der Waals surface area contributed by atoms with Crippen LogP contribution in [0.2, 0.25) is 5.15 Å². The van der Waals surface area contributed by atoms with E-state index in [9.17, 15) is 0 Å². The Morgan fingerprint density at radius 3 is 3.17 bits per heavy atom. The van der Waals surface area contributed by atoms with Crippen molar-refractivity contribution in [2.75, 3.05) is 5.32 Å². The Bertz CT molecular complexity index is 555. The van der Waals surface area contributed by atoms with Crippen LogP contribution in [0.1, 0.15) is 24.9 Å². The van der Waals surface area contributed by atoms with Crippen LogP contribution < -0.4 is 5.32 Å². The fraction of sp³-hybridized carbons (Fsp3) is 0.308. The number of aromatic nitrogens is 1. The molecule has 3 rings (SSSR count). The quantitative estimate of drug-likeness (QED) is 0.803. The molecule has 2 aromatic heterocycles. The highest BCUT2D eigenvalue weighted by Gasteiger charge is 2.26. The van der Waals surface area contributed by atoms with Gasteiger partial charge in [-0.3, -0.25) is 0 Å². The molecule has 1 unspecified atom stereocenters. The lowest BCUT2D eigenvalue weighted by molar-refractivity contribution is 0.670. The van der Waals surface area contributed by atoms with Gasteiger partial charge < -0.3 is 5.32 Å². The van der Waals surface area contributed by atoms with Crippen molar-refractivity contribution in [3.63, 3.8) is 0 Å². The smallest absolute Gasteiger partial charge is 0.131 e. The molecule has 94 valence electrons. The van der Waals surface area contributed by atoms with Gasteiger partial charge in [0.15, 0.2) is 0 Å². The van der Waals surface area contributed by atoms with Crippen molar-refractivity contribution in [1.29, 1.82) is 0 Å². The van der Waals surface area contributed by atoms with Crippen molar-refractivity contribution in [3.8, 4) is 0 Å². The molecule has 2 aromatic rings. The molecule has 2 atom stereocenters. The lowest BCUT2D eigenvalue weighted by Crippen LogP contribution is -2.18. The molecular weight excluding hydrogens is 284 g/mol. The van der Waals surface area contributed by atoms with Crippen molar-refractivity contribution >= 4 is 40.4 Å². The molecule has 0 spiro atoms. The molecule has 0 saturated carbocycles. The fourth-order valence-electron chi connectivity index (χ4n) is 2.18. The summed E-state index contributed by atoms with van der Waals surface area (Å²) in [4.78, 5) is 4.01. The molecule has 0 saturated heterocycles. The van der Waals surface area contributed by atoms with Crippen LogP contribution >= 0.6 is 34.7 Å². The molecular formula is C13H13ClN2S2. The van der Waals surface area contributed by atoms with Gasteiger partial charge in [0.2, 0.25) is 0 Å². The van der Waals surface area contributed by atoms with Gasteiger partial charge in [-0.15, -0.1) is 23.1 Å². The van der Waals surface area contributed by atoms with Crippen LogP contribution in [0, 0.1) is 0 Å². The van der Waals surface area contributed by atoms with Gasteiger partial charge in [-0.1, -0.05) is 18.5 Å². The zero-order chi connectivity index (χ0) is 12.5. The van der Waals surface area contributed by atoms with Crippen LogP contribution in [-0.2, 0) is 0 Å². The molecule has 3 heterocycles. The minimum atomic E-state index is 0.376. The van der Waals surface area contributed by atoms with Gasteiger partial charge in [-0.2, -0.15) is 0 Å². The molecule has 0 aromatic carbocycles. The second-order valence-corrected chi connectivity index (χ2v) is 7.40. The zero-order valence-electron chi connectivity index (χ0n) is 9.89. The molecule has 5 heteroatoms. The number of pyridine rings is 1. The summed E-state index contributed by atoms with van der Waals surface area (Å²) >= 11 is 9.72. The first kappa shape index (κ1) is 12.3. The first-order valence-corrected chi connectivity index (χ1v) is 7.98. The predicted molar refractivity (Wildman–Crippen MR) is 79.9 cm³/mol. The molecule has 2 nitrogen and oxygen atoms in total. The number of nitrogens with one attached hydrogen (secondary N) is 1. The maximum Gasteiger partial charge on any atom is 0.131 e. The largest absolute Gasteiger partial charge is 0.378 e. The highest BCUT2D eigenvalue weighted by Crippen LogP contribution is 2.44. The Balaban J connectivity index is 1.86. The third kappa shape index (κ3) is 2.51. The standard InChI is InChI=1S/C13H13ClN2S2/c1-8-6-11(10-3-5-17-13(10)18-8)16-9-2-4-15-12(14)7-9/h2-5,7-8,11H,6H2,1H3,(H,15,16)/t8-,11?/m0/s1. The van der Waals surface area contributed by atoms with E-state index in [1.807, 2.05) is 35.2 Å². The number of hydrogen-bond donors (Lipinski definition) is 1. The topological polar surface area (TPSA) is 24.9 Å². The van der Waals surface area contributed by atoms with Gasteiger partial charge in [-0.25, -0.2) is 4.98 Å². The van der Waals surface area contributed by atoms with Gasteiger partial charge in [0.05, 0.1) is 10.3 Å². The van der Waals surface area contributed by atoms with E-state index >= 15 is 0 Å². The van der Waals surface area contributed by atoms with Crippen molar-refractivity contribution in [2.45, 2.75) is 28.8 Å². The van der Waals surface area contributed by atoms with E-state index in [4.69, 9.17) is 11.6 Å². The fourth-order valence-corrected chi connectivity index (χ4v) is 4.92. The Kier molecular flexibility index (Phi) is 3.50. The van der Waals surface area contributed by atoms with Crippen molar-refractivity contribution in [3.05, 3.63) is 40.5 Å². The maximum atomic E-state index is 5.92. The molecule has 0 aliphatic carbocycles. The lowest BCUT2D eigenvalue weighted by atomic mass is 10.0. The Hall–Kier alpha value is -0.710. The number of nitrogens with zero attached hydrogens (tertiary/aromatic N) is 1. The molecule has 1 aliphatic rings. The van der Waals surface area contributed by atoms with E-state index < -0.39 is 0 Å². The number of rotatable bonds is 2. The first-order valence-electron chi connectivity index (χ1n) is 5.84. The van der Waals surface area contributed by atoms with E-state index in [0.29, 0.717) is 16.4 Å². The highest BCUT2D eigenvalue weighted by molar-refractivity contribution is 8.01. The SMILES string of the molecule is C[C@H]1CC(Nc2ccnc(Cl)c2)c2ccsc2S1. The van der Waals surface area contributed by atoms with E-state index in [1.165, 1.54) is 9.77 Å². The summed E-state index contributed by atoms with van der Waals surface area (Å²) in [5.74, 6) is 0. The summed E-state index contributed by atoms with van der Waals surface area (Å²) in [5, 5.41) is 6.91. The van der Waals surface area contributed by atoms with Crippen LogP contribution in [0.4, 0.5) is 5.69 Å². The summed E-state index contributed by atoms with van der Waals surface area (Å²) in [7, 11) is 0. The summed E-state index contributed by atoms with van der Waals surface area (Å²) in [6, 6.07) is 6.44. The van der Waals surface area contributed by atoms with Gasteiger partial charge in [0.1, 0.15) is 5.15 Å². The van der Waals surface area contributed by atoms with Crippen LogP contribution in [-0.4, -0.2) is 10.2 Å². The van der Waals surface area contributed by atoms with Crippen LogP contribution in [0.25, 0.3) is 0 Å². The highest BCUT2D eigenvalue weighted by atomic mass is 35.5. The predicted octanol–water partition coefficient (Wildman–Crippen LogP) is 4.83.